The van der Waals surface area contributed by atoms with Gasteiger partial charge in [-0.2, -0.15) is 5.10 Å². The van der Waals surface area contributed by atoms with E-state index in [0.717, 1.165) is 51.6 Å². The third-order valence-corrected chi connectivity index (χ3v) is 5.76. The summed E-state index contributed by atoms with van der Waals surface area (Å²) in [6.45, 7) is 3.01. The molecular formula is C19H30N4O3. The molecule has 3 aliphatic rings. The maximum Gasteiger partial charge on any atom is 0.271 e. The first kappa shape index (κ1) is 17.9. The van der Waals surface area contributed by atoms with Gasteiger partial charge >= 0.3 is 0 Å². The summed E-state index contributed by atoms with van der Waals surface area (Å²) >= 11 is 0. The molecule has 0 bridgehead atoms. The van der Waals surface area contributed by atoms with Crippen molar-refractivity contribution in [3.8, 4) is 0 Å². The number of carbonyl (C=O) groups is 1. The highest BCUT2D eigenvalue weighted by Crippen LogP contribution is 2.36. The third kappa shape index (κ3) is 4.10. The SMILES string of the molecule is O=C(NCC1COC2(CCCCCC2)O1)c1ccn(C2CCCNC2)n1. The van der Waals surface area contributed by atoms with Crippen molar-refractivity contribution in [3.05, 3.63) is 18.0 Å². The van der Waals surface area contributed by atoms with Gasteiger partial charge < -0.3 is 20.1 Å². The van der Waals surface area contributed by atoms with Crippen molar-refractivity contribution < 1.29 is 14.3 Å². The zero-order valence-electron chi connectivity index (χ0n) is 15.4. The van der Waals surface area contributed by atoms with Crippen molar-refractivity contribution in [1.29, 1.82) is 0 Å². The molecule has 144 valence electrons. The smallest absolute Gasteiger partial charge is 0.271 e. The van der Waals surface area contributed by atoms with E-state index in [4.69, 9.17) is 9.47 Å². The minimum absolute atomic E-state index is 0.0679. The normalized spacial score (nSPS) is 28.8. The Balaban J connectivity index is 1.27. The largest absolute Gasteiger partial charge is 0.348 e. The van der Waals surface area contributed by atoms with Crippen LogP contribution in [0.25, 0.3) is 0 Å². The quantitative estimate of drug-likeness (QED) is 0.857. The molecule has 4 rings (SSSR count). The molecule has 7 nitrogen and oxygen atoms in total. The predicted octanol–water partition coefficient (Wildman–Crippen LogP) is 2.00. The van der Waals surface area contributed by atoms with Crippen LogP contribution in [0.15, 0.2) is 12.3 Å². The van der Waals surface area contributed by atoms with Gasteiger partial charge in [0, 0.05) is 32.1 Å². The Bertz CT molecular complexity index is 604. The molecule has 3 fully saturated rings. The second-order valence-electron chi connectivity index (χ2n) is 7.77. The van der Waals surface area contributed by atoms with E-state index < -0.39 is 5.79 Å². The maximum absolute atomic E-state index is 12.4. The zero-order valence-corrected chi connectivity index (χ0v) is 15.4. The Hall–Kier alpha value is -1.44. The zero-order chi connectivity index (χ0) is 17.8. The molecule has 2 unspecified atom stereocenters. The van der Waals surface area contributed by atoms with E-state index in [1.54, 1.807) is 6.07 Å². The number of piperidine rings is 1. The van der Waals surface area contributed by atoms with Crippen LogP contribution >= 0.6 is 0 Å². The Morgan fingerprint density at radius 3 is 2.92 bits per heavy atom. The van der Waals surface area contributed by atoms with E-state index in [1.807, 2.05) is 10.9 Å². The van der Waals surface area contributed by atoms with Crippen LogP contribution in [0, 0.1) is 0 Å². The molecule has 3 heterocycles. The van der Waals surface area contributed by atoms with Gasteiger partial charge in [-0.15, -0.1) is 0 Å². The molecule has 7 heteroatoms. The number of rotatable bonds is 4. The number of amides is 1. The van der Waals surface area contributed by atoms with Gasteiger partial charge in [0.25, 0.3) is 5.91 Å². The summed E-state index contributed by atoms with van der Waals surface area (Å²) in [6.07, 6.45) is 10.9. The maximum atomic E-state index is 12.4. The summed E-state index contributed by atoms with van der Waals surface area (Å²) in [5.41, 5.74) is 0.471. The highest BCUT2D eigenvalue weighted by atomic mass is 16.7. The Morgan fingerprint density at radius 2 is 2.15 bits per heavy atom. The summed E-state index contributed by atoms with van der Waals surface area (Å²) in [7, 11) is 0. The number of hydrogen-bond donors (Lipinski definition) is 2. The highest BCUT2D eigenvalue weighted by Gasteiger charge is 2.41. The van der Waals surface area contributed by atoms with Crippen LogP contribution in [-0.4, -0.2) is 53.8 Å². The van der Waals surface area contributed by atoms with Gasteiger partial charge in [0.1, 0.15) is 11.8 Å². The first-order valence-electron chi connectivity index (χ1n) is 10.1. The molecule has 1 aliphatic carbocycles. The average molecular weight is 362 g/mol. The van der Waals surface area contributed by atoms with Gasteiger partial charge in [-0.25, -0.2) is 0 Å². The third-order valence-electron chi connectivity index (χ3n) is 5.76. The molecule has 1 spiro atoms. The molecule has 2 N–H and O–H groups in total. The fraction of sp³-hybridized carbons (Fsp3) is 0.789. The van der Waals surface area contributed by atoms with Crippen LogP contribution in [0.4, 0.5) is 0 Å². The molecule has 26 heavy (non-hydrogen) atoms. The first-order valence-corrected chi connectivity index (χ1v) is 10.1. The number of ether oxygens (including phenoxy) is 2. The first-order chi connectivity index (χ1) is 12.7. The summed E-state index contributed by atoms with van der Waals surface area (Å²) in [5, 5.41) is 10.8. The van der Waals surface area contributed by atoms with Crippen LogP contribution < -0.4 is 10.6 Å². The predicted molar refractivity (Wildman–Crippen MR) is 97.0 cm³/mol. The van der Waals surface area contributed by atoms with Crippen LogP contribution in [0.3, 0.4) is 0 Å². The Kier molecular flexibility index (Phi) is 5.57. The summed E-state index contributed by atoms with van der Waals surface area (Å²) in [4.78, 5) is 12.4. The second-order valence-corrected chi connectivity index (χ2v) is 7.77. The van der Waals surface area contributed by atoms with E-state index in [-0.39, 0.29) is 12.0 Å². The minimum Gasteiger partial charge on any atom is -0.348 e. The van der Waals surface area contributed by atoms with E-state index >= 15 is 0 Å². The number of aromatic nitrogens is 2. The molecule has 2 saturated heterocycles. The molecule has 1 aromatic rings. The summed E-state index contributed by atoms with van der Waals surface area (Å²) in [6, 6.07) is 2.13. The van der Waals surface area contributed by atoms with Crippen LogP contribution in [0.1, 0.15) is 67.9 Å². The fourth-order valence-corrected chi connectivity index (χ4v) is 4.27. The number of nitrogens with one attached hydrogen (secondary N) is 2. The van der Waals surface area contributed by atoms with E-state index in [0.29, 0.717) is 24.9 Å². The lowest BCUT2D eigenvalue weighted by Gasteiger charge is -2.26. The lowest BCUT2D eigenvalue weighted by atomic mass is 10.1. The van der Waals surface area contributed by atoms with Gasteiger partial charge in [0.15, 0.2) is 5.79 Å². The van der Waals surface area contributed by atoms with Gasteiger partial charge in [0.05, 0.1) is 12.6 Å². The van der Waals surface area contributed by atoms with Crippen molar-refractivity contribution >= 4 is 5.91 Å². The van der Waals surface area contributed by atoms with E-state index in [2.05, 4.69) is 15.7 Å². The van der Waals surface area contributed by atoms with Crippen molar-refractivity contribution in [1.82, 2.24) is 20.4 Å². The highest BCUT2D eigenvalue weighted by molar-refractivity contribution is 5.92. The second kappa shape index (κ2) is 8.06. The molecule has 2 atom stereocenters. The molecule has 1 saturated carbocycles. The topological polar surface area (TPSA) is 77.4 Å². The number of hydrogen-bond acceptors (Lipinski definition) is 5. The lowest BCUT2D eigenvalue weighted by molar-refractivity contribution is -0.175. The molecule has 2 aliphatic heterocycles. The van der Waals surface area contributed by atoms with Gasteiger partial charge in [0.2, 0.25) is 0 Å². The van der Waals surface area contributed by atoms with Crippen molar-refractivity contribution in [3.63, 3.8) is 0 Å². The van der Waals surface area contributed by atoms with E-state index in [1.165, 1.54) is 12.8 Å². The lowest BCUT2D eigenvalue weighted by Crippen LogP contribution is -2.36. The molecular weight excluding hydrogens is 332 g/mol. The van der Waals surface area contributed by atoms with Crippen molar-refractivity contribution in [2.45, 2.75) is 69.3 Å². The van der Waals surface area contributed by atoms with Crippen molar-refractivity contribution in [2.75, 3.05) is 26.2 Å². The minimum atomic E-state index is -0.401. The van der Waals surface area contributed by atoms with Crippen LogP contribution in [0.2, 0.25) is 0 Å². The summed E-state index contributed by atoms with van der Waals surface area (Å²) < 4.78 is 14.1. The Labute approximate surface area is 154 Å². The fourth-order valence-electron chi connectivity index (χ4n) is 4.27. The Morgan fingerprint density at radius 1 is 1.31 bits per heavy atom. The molecule has 0 aromatic carbocycles. The van der Waals surface area contributed by atoms with Gasteiger partial charge in [-0.05, 0) is 38.3 Å². The molecule has 0 radical (unpaired) electrons. The molecule has 1 amide bonds. The standard InChI is InChI=1S/C19H30N4O3/c24-18(17-7-11-23(22-17)15-6-5-10-20-12-15)21-13-16-14-25-19(26-16)8-3-1-2-4-9-19/h7,11,15-16,20H,1-6,8-10,12-14H2,(H,21,24). The molecule has 1 aromatic heterocycles. The van der Waals surface area contributed by atoms with Crippen molar-refractivity contribution in [2.24, 2.45) is 0 Å². The van der Waals surface area contributed by atoms with Crippen LogP contribution in [-0.2, 0) is 9.47 Å². The van der Waals surface area contributed by atoms with E-state index in [9.17, 15) is 4.79 Å². The number of nitrogens with zero attached hydrogens (tertiary/aromatic N) is 2. The summed E-state index contributed by atoms with van der Waals surface area (Å²) in [5.74, 6) is -0.542. The van der Waals surface area contributed by atoms with Crippen LogP contribution in [0.5, 0.6) is 0 Å². The van der Waals surface area contributed by atoms with Gasteiger partial charge in [-0.1, -0.05) is 12.8 Å². The monoisotopic (exact) mass is 362 g/mol. The number of carbonyl (C=O) groups excluding carboxylic acids is 1. The van der Waals surface area contributed by atoms with Gasteiger partial charge in [-0.3, -0.25) is 9.48 Å². The average Bonchev–Trinajstić information content (AvgIpc) is 3.25.